The van der Waals surface area contributed by atoms with Crippen LogP contribution in [0.5, 0.6) is 0 Å². The third kappa shape index (κ3) is 4.41. The smallest absolute Gasteiger partial charge is 0.352 e. The molecule has 4 rings (SSSR count). The molecule has 1 aromatic heterocycles. The van der Waals surface area contributed by atoms with E-state index in [4.69, 9.17) is 4.74 Å². The molecule has 0 aliphatic carbocycles. The van der Waals surface area contributed by atoms with E-state index in [1.807, 2.05) is 47.3 Å². The van der Waals surface area contributed by atoms with Gasteiger partial charge in [0, 0.05) is 41.6 Å². The van der Waals surface area contributed by atoms with Crippen molar-refractivity contribution in [2.45, 2.75) is 24.9 Å². The Kier molecular flexibility index (Phi) is 5.94. The number of esters is 1. The number of anilines is 1. The Bertz CT molecular complexity index is 1040. The predicted molar refractivity (Wildman–Crippen MR) is 114 cm³/mol. The van der Waals surface area contributed by atoms with E-state index >= 15 is 0 Å². The fraction of sp³-hybridized carbons (Fsp3) is 0.273. The van der Waals surface area contributed by atoms with Crippen molar-refractivity contribution in [2.24, 2.45) is 0 Å². The number of aliphatic carboxylic acids is 1. The van der Waals surface area contributed by atoms with Gasteiger partial charge in [0.15, 0.2) is 18.9 Å². The maximum Gasteiger partial charge on any atom is 0.352 e. The van der Waals surface area contributed by atoms with Gasteiger partial charge in [0.25, 0.3) is 5.91 Å². The molecule has 9 heteroatoms. The van der Waals surface area contributed by atoms with Crippen LogP contribution < -0.4 is 9.88 Å². The minimum absolute atomic E-state index is 0.0817. The number of rotatable bonds is 7. The number of nitrogens with zero attached hydrogens (tertiary/aromatic N) is 2. The standard InChI is InChI=1S/C22H21N3O5S/c1-14(26)30-12-16-13-31-21-18(20(27)25(21)19(16)22(28)29)23-17-7-9-24(10-8-17)11-15-5-3-2-4-6-15/h2-10,18,21H,11-13H2,1H3,(H,28,29)/p+1/t18-,21-/m1/s1. The largest absolute Gasteiger partial charge is 0.477 e. The molecule has 0 unspecified atom stereocenters. The summed E-state index contributed by atoms with van der Waals surface area (Å²) in [6.07, 6.45) is 3.87. The van der Waals surface area contributed by atoms with Gasteiger partial charge < -0.3 is 15.2 Å². The number of amides is 1. The number of hydrogen-bond acceptors (Lipinski definition) is 6. The van der Waals surface area contributed by atoms with Crippen molar-refractivity contribution < 1.29 is 28.8 Å². The van der Waals surface area contributed by atoms with Crippen molar-refractivity contribution in [3.8, 4) is 0 Å². The van der Waals surface area contributed by atoms with Gasteiger partial charge in [-0.05, 0) is 0 Å². The van der Waals surface area contributed by atoms with Gasteiger partial charge in [0.2, 0.25) is 0 Å². The molecule has 160 valence electrons. The second-order valence-corrected chi connectivity index (χ2v) is 8.42. The molecule has 2 N–H and O–H groups in total. The van der Waals surface area contributed by atoms with Crippen molar-refractivity contribution in [3.63, 3.8) is 0 Å². The first-order chi connectivity index (χ1) is 14.9. The van der Waals surface area contributed by atoms with Crippen LogP contribution >= 0.6 is 11.8 Å². The molecule has 1 amide bonds. The molecule has 3 heterocycles. The van der Waals surface area contributed by atoms with Gasteiger partial charge in [-0.25, -0.2) is 9.36 Å². The van der Waals surface area contributed by atoms with Gasteiger partial charge in [-0.2, -0.15) is 0 Å². The molecule has 0 bridgehead atoms. The van der Waals surface area contributed by atoms with Crippen molar-refractivity contribution in [1.82, 2.24) is 4.90 Å². The van der Waals surface area contributed by atoms with Gasteiger partial charge in [0.05, 0.1) is 0 Å². The Labute approximate surface area is 183 Å². The number of carboxylic acids is 1. The number of hydrogen-bond donors (Lipinski definition) is 2. The van der Waals surface area contributed by atoms with E-state index in [9.17, 15) is 19.5 Å². The average Bonchev–Trinajstić information content (AvgIpc) is 2.77. The fourth-order valence-electron chi connectivity index (χ4n) is 3.62. The summed E-state index contributed by atoms with van der Waals surface area (Å²) in [4.78, 5) is 36.9. The molecule has 0 spiro atoms. The Morgan fingerprint density at radius 2 is 1.94 bits per heavy atom. The van der Waals surface area contributed by atoms with E-state index in [2.05, 4.69) is 17.4 Å². The van der Waals surface area contributed by atoms with Crippen LogP contribution in [0.15, 0.2) is 66.1 Å². The predicted octanol–water partition coefficient (Wildman–Crippen LogP) is 1.62. The molecule has 31 heavy (non-hydrogen) atoms. The topological polar surface area (TPSA) is 99.8 Å². The lowest BCUT2D eigenvalue weighted by atomic mass is 10.0. The molecule has 1 saturated heterocycles. The summed E-state index contributed by atoms with van der Waals surface area (Å²) in [6, 6.07) is 13.4. The fourth-order valence-corrected chi connectivity index (χ4v) is 4.94. The quantitative estimate of drug-likeness (QED) is 0.383. The number of carboxylic acid groups (broad SMARTS) is 1. The Balaban J connectivity index is 1.43. The van der Waals surface area contributed by atoms with Gasteiger partial charge in [0.1, 0.15) is 23.7 Å². The maximum absolute atomic E-state index is 12.7. The third-order valence-corrected chi connectivity index (χ3v) is 6.46. The van der Waals surface area contributed by atoms with E-state index in [-0.39, 0.29) is 23.6 Å². The normalized spacial score (nSPS) is 20.0. The van der Waals surface area contributed by atoms with Gasteiger partial charge in [-0.15, -0.1) is 11.8 Å². The first-order valence-electron chi connectivity index (χ1n) is 9.77. The number of fused-ring (bicyclic) bond motifs is 1. The van der Waals surface area contributed by atoms with Crippen LogP contribution in [0.3, 0.4) is 0 Å². The number of benzene rings is 1. The zero-order chi connectivity index (χ0) is 22.0. The molecular weight excluding hydrogens is 418 g/mol. The lowest BCUT2D eigenvalue weighted by Crippen LogP contribution is -2.67. The summed E-state index contributed by atoms with van der Waals surface area (Å²) >= 11 is 1.45. The van der Waals surface area contributed by atoms with Crippen molar-refractivity contribution >= 4 is 35.3 Å². The summed E-state index contributed by atoms with van der Waals surface area (Å²) in [6.45, 7) is 1.88. The molecule has 2 atom stereocenters. The molecule has 1 fully saturated rings. The minimum atomic E-state index is -1.19. The SMILES string of the molecule is CC(=O)OCC1=C(C(=O)O)N2C(=O)[C@@H](Nc3cc[n+](Cc4ccccc4)cc3)[C@H]2SC1. The maximum atomic E-state index is 12.7. The van der Waals surface area contributed by atoms with E-state index in [1.54, 1.807) is 0 Å². The number of β-lactam (4-membered cyclic amide) rings is 1. The highest BCUT2D eigenvalue weighted by Crippen LogP contribution is 2.41. The molecule has 1 aromatic carbocycles. The van der Waals surface area contributed by atoms with Crippen LogP contribution in [-0.2, 0) is 25.7 Å². The number of thioether (sulfide) groups is 1. The van der Waals surface area contributed by atoms with E-state index in [1.165, 1.54) is 29.1 Å². The number of carbonyl (C=O) groups excluding carboxylic acids is 2. The van der Waals surface area contributed by atoms with E-state index in [0.717, 1.165) is 12.2 Å². The number of ether oxygens (including phenoxy) is 1. The Morgan fingerprint density at radius 3 is 2.58 bits per heavy atom. The van der Waals surface area contributed by atoms with Crippen LogP contribution in [0.4, 0.5) is 5.69 Å². The monoisotopic (exact) mass is 440 g/mol. The highest BCUT2D eigenvalue weighted by Gasteiger charge is 2.53. The summed E-state index contributed by atoms with van der Waals surface area (Å²) in [5.74, 6) is -1.61. The number of nitrogens with one attached hydrogen (secondary N) is 1. The van der Waals surface area contributed by atoms with Gasteiger partial charge in [-0.3, -0.25) is 14.5 Å². The minimum Gasteiger partial charge on any atom is -0.477 e. The number of pyridine rings is 1. The Morgan fingerprint density at radius 1 is 1.23 bits per heavy atom. The second-order valence-electron chi connectivity index (χ2n) is 7.31. The van der Waals surface area contributed by atoms with E-state index < -0.39 is 18.0 Å². The molecule has 8 nitrogen and oxygen atoms in total. The third-order valence-electron chi connectivity index (χ3n) is 5.12. The zero-order valence-corrected chi connectivity index (χ0v) is 17.7. The number of aromatic nitrogens is 1. The average molecular weight is 441 g/mol. The Hall–Kier alpha value is -3.33. The van der Waals surface area contributed by atoms with Crippen LogP contribution in [0.1, 0.15) is 12.5 Å². The summed E-state index contributed by atoms with van der Waals surface area (Å²) < 4.78 is 6.99. The van der Waals surface area contributed by atoms with Gasteiger partial charge >= 0.3 is 11.9 Å². The van der Waals surface area contributed by atoms with Crippen molar-refractivity contribution in [3.05, 3.63) is 71.7 Å². The first-order valence-corrected chi connectivity index (χ1v) is 10.8. The van der Waals surface area contributed by atoms with Crippen molar-refractivity contribution in [2.75, 3.05) is 17.7 Å². The van der Waals surface area contributed by atoms with Crippen LogP contribution in [-0.4, -0.2) is 51.6 Å². The molecule has 0 saturated carbocycles. The van der Waals surface area contributed by atoms with Gasteiger partial charge in [-0.1, -0.05) is 30.3 Å². The zero-order valence-electron chi connectivity index (χ0n) is 16.9. The summed E-state index contributed by atoms with van der Waals surface area (Å²) in [5.41, 5.74) is 2.32. The molecule has 2 aliphatic rings. The molecule has 2 aromatic rings. The molecule has 2 aliphatic heterocycles. The molecule has 0 radical (unpaired) electrons. The van der Waals surface area contributed by atoms with Crippen LogP contribution in [0, 0.1) is 0 Å². The molecular formula is C22H22N3O5S+. The highest BCUT2D eigenvalue weighted by molar-refractivity contribution is 8.00. The first kappa shape index (κ1) is 20.9. The van der Waals surface area contributed by atoms with E-state index in [0.29, 0.717) is 11.3 Å². The van der Waals surface area contributed by atoms with Crippen molar-refractivity contribution in [1.29, 1.82) is 0 Å². The highest BCUT2D eigenvalue weighted by atomic mass is 32.2. The lowest BCUT2D eigenvalue weighted by Gasteiger charge is -2.49. The second kappa shape index (κ2) is 8.81. The summed E-state index contributed by atoms with van der Waals surface area (Å²) in [5, 5.41) is 12.5. The number of carbonyl (C=O) groups is 3. The van der Waals surface area contributed by atoms with Crippen LogP contribution in [0.2, 0.25) is 0 Å². The van der Waals surface area contributed by atoms with Crippen LogP contribution in [0.25, 0.3) is 0 Å². The lowest BCUT2D eigenvalue weighted by molar-refractivity contribution is -0.688. The summed E-state index contributed by atoms with van der Waals surface area (Å²) in [7, 11) is 0.